The Kier molecular flexibility index (Phi) is 6.08. The lowest BCUT2D eigenvalue weighted by Gasteiger charge is -2.38. The van der Waals surface area contributed by atoms with Crippen LogP contribution in [0.5, 0.6) is 0 Å². The molecule has 3 rings (SSSR count). The highest BCUT2D eigenvalue weighted by Gasteiger charge is 2.28. The van der Waals surface area contributed by atoms with Crippen molar-refractivity contribution in [1.82, 2.24) is 10.2 Å². The summed E-state index contributed by atoms with van der Waals surface area (Å²) >= 11 is 5.90. The van der Waals surface area contributed by atoms with Crippen molar-refractivity contribution in [2.75, 3.05) is 26.3 Å². The number of amides is 1. The van der Waals surface area contributed by atoms with Crippen LogP contribution in [0.4, 0.5) is 0 Å². The number of morpholine rings is 1. The van der Waals surface area contributed by atoms with E-state index in [0.717, 1.165) is 26.3 Å². The third-order valence-corrected chi connectivity index (χ3v) is 4.77. The Morgan fingerprint density at radius 1 is 1.08 bits per heavy atom. The lowest BCUT2D eigenvalue weighted by atomic mass is 9.97. The number of hydrogen-bond acceptors (Lipinski definition) is 3. The Balaban J connectivity index is 1.77. The van der Waals surface area contributed by atoms with Gasteiger partial charge < -0.3 is 10.1 Å². The largest absolute Gasteiger partial charge is 0.379 e. The van der Waals surface area contributed by atoms with Crippen LogP contribution >= 0.6 is 11.6 Å². The Morgan fingerprint density at radius 3 is 2.36 bits per heavy atom. The van der Waals surface area contributed by atoms with Gasteiger partial charge in [-0.2, -0.15) is 0 Å². The van der Waals surface area contributed by atoms with E-state index in [9.17, 15) is 4.79 Å². The third-order valence-electron chi connectivity index (χ3n) is 4.52. The standard InChI is InChI=1S/C20H23ClN2O2/c1-15(22-20(24)17-7-9-18(21)10-8-17)19(16-5-3-2-4-6-16)23-11-13-25-14-12-23/h2-10,15,19H,11-14H2,1H3,(H,22,24)/t15-,19+/m0/s1. The van der Waals surface area contributed by atoms with Crippen LogP contribution in [0.2, 0.25) is 5.02 Å². The zero-order valence-corrected chi connectivity index (χ0v) is 15.1. The van der Waals surface area contributed by atoms with Gasteiger partial charge in [0, 0.05) is 29.7 Å². The molecule has 132 valence electrons. The van der Waals surface area contributed by atoms with Gasteiger partial charge in [-0.05, 0) is 36.8 Å². The van der Waals surface area contributed by atoms with E-state index in [1.807, 2.05) is 18.2 Å². The predicted octanol–water partition coefficient (Wildman–Crippen LogP) is 3.53. The van der Waals surface area contributed by atoms with Crippen LogP contribution in [0.1, 0.15) is 28.9 Å². The van der Waals surface area contributed by atoms with Gasteiger partial charge in [0.2, 0.25) is 0 Å². The van der Waals surface area contributed by atoms with Gasteiger partial charge in [0.1, 0.15) is 0 Å². The number of nitrogens with zero attached hydrogens (tertiary/aromatic N) is 1. The summed E-state index contributed by atoms with van der Waals surface area (Å²) in [6.45, 7) is 5.23. The minimum Gasteiger partial charge on any atom is -0.379 e. The fraction of sp³-hybridized carbons (Fsp3) is 0.350. The van der Waals surface area contributed by atoms with Crippen molar-refractivity contribution in [2.24, 2.45) is 0 Å². The molecule has 5 heteroatoms. The van der Waals surface area contributed by atoms with Crippen molar-refractivity contribution >= 4 is 17.5 Å². The summed E-state index contributed by atoms with van der Waals surface area (Å²) < 4.78 is 5.49. The highest BCUT2D eigenvalue weighted by molar-refractivity contribution is 6.30. The average Bonchev–Trinajstić information content (AvgIpc) is 2.64. The maximum Gasteiger partial charge on any atom is 0.251 e. The number of ether oxygens (including phenoxy) is 1. The molecule has 25 heavy (non-hydrogen) atoms. The molecule has 1 N–H and O–H groups in total. The van der Waals surface area contributed by atoms with Gasteiger partial charge >= 0.3 is 0 Å². The van der Waals surface area contributed by atoms with E-state index in [-0.39, 0.29) is 18.0 Å². The van der Waals surface area contributed by atoms with E-state index in [1.165, 1.54) is 5.56 Å². The van der Waals surface area contributed by atoms with Crippen LogP contribution in [0.25, 0.3) is 0 Å². The van der Waals surface area contributed by atoms with Gasteiger partial charge in [-0.25, -0.2) is 0 Å². The van der Waals surface area contributed by atoms with Crippen molar-refractivity contribution in [3.05, 3.63) is 70.7 Å². The molecule has 1 fully saturated rings. The number of carbonyl (C=O) groups excluding carboxylic acids is 1. The molecule has 0 bridgehead atoms. The first kappa shape index (κ1) is 17.9. The van der Waals surface area contributed by atoms with Crippen molar-refractivity contribution in [3.8, 4) is 0 Å². The van der Waals surface area contributed by atoms with Gasteiger partial charge in [-0.15, -0.1) is 0 Å². The second kappa shape index (κ2) is 8.48. The molecule has 0 spiro atoms. The molecule has 1 aliphatic rings. The summed E-state index contributed by atoms with van der Waals surface area (Å²) in [5.74, 6) is -0.0849. The SMILES string of the molecule is C[C@H](NC(=O)c1ccc(Cl)cc1)[C@H](c1ccccc1)N1CCOCC1. The summed E-state index contributed by atoms with van der Waals surface area (Å²) in [6.07, 6.45) is 0. The van der Waals surface area contributed by atoms with Crippen LogP contribution in [0, 0.1) is 0 Å². The number of hydrogen-bond donors (Lipinski definition) is 1. The number of rotatable bonds is 5. The van der Waals surface area contributed by atoms with Gasteiger partial charge in [0.15, 0.2) is 0 Å². The normalized spacial score (nSPS) is 17.7. The number of carbonyl (C=O) groups is 1. The Bertz CT molecular complexity index is 685. The number of halogens is 1. The molecule has 0 aliphatic carbocycles. The monoisotopic (exact) mass is 358 g/mol. The molecule has 1 aliphatic heterocycles. The summed E-state index contributed by atoms with van der Waals surface area (Å²) in [6, 6.07) is 17.4. The number of benzene rings is 2. The second-order valence-electron chi connectivity index (χ2n) is 6.27. The van der Waals surface area contributed by atoms with Crippen LogP contribution in [-0.2, 0) is 4.74 Å². The van der Waals surface area contributed by atoms with Crippen LogP contribution in [0.15, 0.2) is 54.6 Å². The lowest BCUT2D eigenvalue weighted by Crippen LogP contribution is -2.48. The fourth-order valence-electron chi connectivity index (χ4n) is 3.29. The Labute approximate surface area is 153 Å². The topological polar surface area (TPSA) is 41.6 Å². The van der Waals surface area contributed by atoms with Crippen LogP contribution < -0.4 is 5.32 Å². The van der Waals surface area contributed by atoms with E-state index in [4.69, 9.17) is 16.3 Å². The molecule has 2 atom stereocenters. The highest BCUT2D eigenvalue weighted by atomic mass is 35.5. The smallest absolute Gasteiger partial charge is 0.251 e. The van der Waals surface area contributed by atoms with Crippen molar-refractivity contribution < 1.29 is 9.53 Å². The lowest BCUT2D eigenvalue weighted by molar-refractivity contribution is 0.00888. The summed E-state index contributed by atoms with van der Waals surface area (Å²) in [7, 11) is 0. The molecule has 1 amide bonds. The van der Waals surface area contributed by atoms with Crippen molar-refractivity contribution in [2.45, 2.75) is 19.0 Å². The fourth-order valence-corrected chi connectivity index (χ4v) is 3.42. The zero-order valence-electron chi connectivity index (χ0n) is 14.3. The van der Waals surface area contributed by atoms with E-state index in [1.54, 1.807) is 24.3 Å². The Morgan fingerprint density at radius 2 is 1.72 bits per heavy atom. The number of nitrogens with one attached hydrogen (secondary N) is 1. The van der Waals surface area contributed by atoms with Crippen LogP contribution in [0.3, 0.4) is 0 Å². The molecule has 0 saturated carbocycles. The zero-order chi connectivity index (χ0) is 17.6. The quantitative estimate of drug-likeness (QED) is 0.889. The minimum absolute atomic E-state index is 0.0383. The molecule has 2 aromatic rings. The average molecular weight is 359 g/mol. The van der Waals surface area contributed by atoms with Crippen molar-refractivity contribution in [3.63, 3.8) is 0 Å². The summed E-state index contributed by atoms with van der Waals surface area (Å²) in [4.78, 5) is 15.0. The molecule has 0 unspecified atom stereocenters. The van der Waals surface area contributed by atoms with Gasteiger partial charge in [0.05, 0.1) is 19.3 Å². The van der Waals surface area contributed by atoms with Gasteiger partial charge in [-0.1, -0.05) is 41.9 Å². The van der Waals surface area contributed by atoms with E-state index in [0.29, 0.717) is 10.6 Å². The molecule has 4 nitrogen and oxygen atoms in total. The first-order valence-corrected chi connectivity index (χ1v) is 8.96. The summed E-state index contributed by atoms with van der Waals surface area (Å²) in [5, 5.41) is 3.77. The third kappa shape index (κ3) is 4.60. The van der Waals surface area contributed by atoms with Crippen molar-refractivity contribution in [1.29, 1.82) is 0 Å². The summed E-state index contributed by atoms with van der Waals surface area (Å²) in [5.41, 5.74) is 1.82. The van der Waals surface area contributed by atoms with Crippen LogP contribution in [-0.4, -0.2) is 43.2 Å². The molecule has 1 saturated heterocycles. The minimum atomic E-state index is -0.0849. The van der Waals surface area contributed by atoms with E-state index < -0.39 is 0 Å². The van der Waals surface area contributed by atoms with E-state index >= 15 is 0 Å². The van der Waals surface area contributed by atoms with Gasteiger partial charge in [0.25, 0.3) is 5.91 Å². The van der Waals surface area contributed by atoms with E-state index in [2.05, 4.69) is 29.3 Å². The maximum absolute atomic E-state index is 12.6. The molecule has 2 aromatic carbocycles. The molecule has 1 heterocycles. The highest BCUT2D eigenvalue weighted by Crippen LogP contribution is 2.25. The molecular formula is C20H23ClN2O2. The second-order valence-corrected chi connectivity index (χ2v) is 6.71. The maximum atomic E-state index is 12.6. The molecular weight excluding hydrogens is 336 g/mol. The predicted molar refractivity (Wildman–Crippen MR) is 100.0 cm³/mol. The Hall–Kier alpha value is -1.88. The first-order chi connectivity index (χ1) is 12.1. The van der Waals surface area contributed by atoms with Gasteiger partial charge in [-0.3, -0.25) is 9.69 Å². The molecule has 0 aromatic heterocycles. The first-order valence-electron chi connectivity index (χ1n) is 8.58. The molecule has 0 radical (unpaired) electrons.